The summed E-state index contributed by atoms with van der Waals surface area (Å²) < 4.78 is 25.4. The minimum Gasteiger partial charge on any atom is -0.493 e. The van der Waals surface area contributed by atoms with Crippen LogP contribution in [0.25, 0.3) is 0 Å². The van der Waals surface area contributed by atoms with Gasteiger partial charge in [0.15, 0.2) is 23.1 Å². The first kappa shape index (κ1) is 20.2. The van der Waals surface area contributed by atoms with Crippen LogP contribution in [0.3, 0.4) is 0 Å². The Bertz CT molecular complexity index is 1010. The van der Waals surface area contributed by atoms with Crippen molar-refractivity contribution in [2.24, 2.45) is 0 Å². The maximum Gasteiger partial charge on any atom is 0.246 e. The molecule has 3 aromatic rings. The van der Waals surface area contributed by atoms with Gasteiger partial charge in [-0.3, -0.25) is 4.79 Å². The topological polar surface area (TPSA) is 59.6 Å². The fourth-order valence-corrected chi connectivity index (χ4v) is 2.76. The lowest BCUT2D eigenvalue weighted by Gasteiger charge is -2.17. The summed E-state index contributed by atoms with van der Waals surface area (Å²) in [5, 5.41) is 5.87. The average molecular weight is 394 g/mol. The summed E-state index contributed by atoms with van der Waals surface area (Å²) in [7, 11) is 1.52. The van der Waals surface area contributed by atoms with Gasteiger partial charge in [-0.25, -0.2) is 4.39 Å². The number of aryl methyl sites for hydroxylation is 1. The first-order valence-electron chi connectivity index (χ1n) is 9.21. The average Bonchev–Trinajstić information content (AvgIpc) is 2.72. The van der Waals surface area contributed by atoms with Crippen LogP contribution in [0.4, 0.5) is 15.8 Å². The minimum atomic E-state index is -0.560. The van der Waals surface area contributed by atoms with Gasteiger partial charge in [0.25, 0.3) is 0 Å². The first-order chi connectivity index (χ1) is 14.0. The molecule has 0 aliphatic carbocycles. The Hall–Kier alpha value is -3.54. The molecule has 0 fully saturated rings. The molecular weight excluding hydrogens is 371 g/mol. The van der Waals surface area contributed by atoms with Gasteiger partial charge in [-0.05, 0) is 49.7 Å². The number of anilines is 2. The minimum absolute atomic E-state index is 0.0667. The number of rotatable bonds is 7. The SMILES string of the molecule is COc1ccccc1Oc1ccc(NC(C)C(=O)Nc2ccccc2C)cc1F. The Morgan fingerprint density at radius 1 is 0.966 bits per heavy atom. The lowest BCUT2D eigenvalue weighted by atomic mass is 10.2. The number of carbonyl (C=O) groups excluding carboxylic acids is 1. The lowest BCUT2D eigenvalue weighted by Crippen LogP contribution is -2.32. The number of benzene rings is 3. The van der Waals surface area contributed by atoms with Crippen molar-refractivity contribution in [2.75, 3.05) is 17.7 Å². The van der Waals surface area contributed by atoms with E-state index in [9.17, 15) is 9.18 Å². The van der Waals surface area contributed by atoms with Gasteiger partial charge in [-0.1, -0.05) is 30.3 Å². The molecule has 6 heteroatoms. The highest BCUT2D eigenvalue weighted by Gasteiger charge is 2.15. The number of nitrogens with one attached hydrogen (secondary N) is 2. The molecule has 0 saturated heterocycles. The molecule has 1 amide bonds. The summed E-state index contributed by atoms with van der Waals surface area (Å²) in [5.41, 5.74) is 2.19. The van der Waals surface area contributed by atoms with Crippen molar-refractivity contribution < 1.29 is 18.7 Å². The molecule has 3 aromatic carbocycles. The highest BCUT2D eigenvalue weighted by atomic mass is 19.1. The van der Waals surface area contributed by atoms with E-state index in [1.807, 2.05) is 31.2 Å². The van der Waals surface area contributed by atoms with E-state index in [-0.39, 0.29) is 11.7 Å². The van der Waals surface area contributed by atoms with Crippen molar-refractivity contribution in [3.05, 3.63) is 78.1 Å². The summed E-state index contributed by atoms with van der Waals surface area (Å²) >= 11 is 0. The number of ether oxygens (including phenoxy) is 2. The smallest absolute Gasteiger partial charge is 0.246 e. The maximum atomic E-state index is 14.5. The van der Waals surface area contributed by atoms with E-state index in [0.29, 0.717) is 17.2 Å². The Morgan fingerprint density at radius 3 is 2.34 bits per heavy atom. The molecule has 150 valence electrons. The highest BCUT2D eigenvalue weighted by Crippen LogP contribution is 2.33. The maximum absolute atomic E-state index is 14.5. The molecule has 0 bridgehead atoms. The van der Waals surface area contributed by atoms with E-state index in [0.717, 1.165) is 11.3 Å². The predicted octanol–water partition coefficient (Wildman–Crippen LogP) is 5.37. The zero-order chi connectivity index (χ0) is 20.8. The number of hydrogen-bond donors (Lipinski definition) is 2. The highest BCUT2D eigenvalue weighted by molar-refractivity contribution is 5.96. The molecule has 0 spiro atoms. The number of para-hydroxylation sites is 3. The molecule has 0 radical (unpaired) electrons. The van der Waals surface area contributed by atoms with Gasteiger partial charge in [-0.2, -0.15) is 0 Å². The van der Waals surface area contributed by atoms with E-state index in [1.54, 1.807) is 37.3 Å². The monoisotopic (exact) mass is 394 g/mol. The quantitative estimate of drug-likeness (QED) is 0.565. The molecule has 29 heavy (non-hydrogen) atoms. The largest absolute Gasteiger partial charge is 0.493 e. The van der Waals surface area contributed by atoms with Gasteiger partial charge >= 0.3 is 0 Å². The fraction of sp³-hybridized carbons (Fsp3) is 0.174. The van der Waals surface area contributed by atoms with Gasteiger partial charge in [0.1, 0.15) is 6.04 Å². The van der Waals surface area contributed by atoms with Crippen LogP contribution in [0.1, 0.15) is 12.5 Å². The lowest BCUT2D eigenvalue weighted by molar-refractivity contribution is -0.116. The van der Waals surface area contributed by atoms with Crippen molar-refractivity contribution in [1.82, 2.24) is 0 Å². The summed E-state index contributed by atoms with van der Waals surface area (Å²) in [4.78, 5) is 12.4. The number of methoxy groups -OCH3 is 1. The van der Waals surface area contributed by atoms with Gasteiger partial charge in [0.05, 0.1) is 7.11 Å². The molecule has 0 saturated carbocycles. The van der Waals surface area contributed by atoms with E-state index in [2.05, 4.69) is 10.6 Å². The number of halogens is 1. The van der Waals surface area contributed by atoms with Crippen molar-refractivity contribution in [3.63, 3.8) is 0 Å². The molecule has 2 N–H and O–H groups in total. The van der Waals surface area contributed by atoms with Gasteiger partial charge in [-0.15, -0.1) is 0 Å². The van der Waals surface area contributed by atoms with Gasteiger partial charge < -0.3 is 20.1 Å². The Balaban J connectivity index is 1.66. The summed E-state index contributed by atoms with van der Waals surface area (Å²) in [6, 6.07) is 18.4. The second-order valence-electron chi connectivity index (χ2n) is 6.57. The van der Waals surface area contributed by atoms with Crippen LogP contribution in [0.2, 0.25) is 0 Å². The van der Waals surface area contributed by atoms with Crippen molar-refractivity contribution >= 4 is 17.3 Å². The second-order valence-corrected chi connectivity index (χ2v) is 6.57. The zero-order valence-electron chi connectivity index (χ0n) is 16.5. The fourth-order valence-electron chi connectivity index (χ4n) is 2.76. The van der Waals surface area contributed by atoms with Crippen LogP contribution in [0, 0.1) is 12.7 Å². The van der Waals surface area contributed by atoms with Crippen molar-refractivity contribution in [2.45, 2.75) is 19.9 Å². The Kier molecular flexibility index (Phi) is 6.34. The van der Waals surface area contributed by atoms with Crippen LogP contribution in [-0.2, 0) is 4.79 Å². The normalized spacial score (nSPS) is 11.4. The van der Waals surface area contributed by atoms with Crippen LogP contribution < -0.4 is 20.1 Å². The summed E-state index contributed by atoms with van der Waals surface area (Å²) in [6.07, 6.45) is 0. The van der Waals surface area contributed by atoms with Crippen LogP contribution in [0.5, 0.6) is 17.2 Å². The van der Waals surface area contributed by atoms with Crippen LogP contribution in [-0.4, -0.2) is 19.1 Å². The Labute approximate surface area is 169 Å². The Morgan fingerprint density at radius 2 is 1.66 bits per heavy atom. The van der Waals surface area contributed by atoms with E-state index in [1.165, 1.54) is 19.2 Å². The molecule has 1 unspecified atom stereocenters. The molecule has 5 nitrogen and oxygen atoms in total. The van der Waals surface area contributed by atoms with Crippen molar-refractivity contribution in [3.8, 4) is 17.2 Å². The molecule has 3 rings (SSSR count). The third kappa shape index (κ3) is 5.04. The van der Waals surface area contributed by atoms with E-state index in [4.69, 9.17) is 9.47 Å². The molecule has 0 aliphatic heterocycles. The zero-order valence-corrected chi connectivity index (χ0v) is 16.5. The molecule has 0 heterocycles. The summed E-state index contributed by atoms with van der Waals surface area (Å²) in [5.74, 6) is 0.231. The third-order valence-corrected chi connectivity index (χ3v) is 4.40. The number of hydrogen-bond acceptors (Lipinski definition) is 4. The van der Waals surface area contributed by atoms with Gasteiger partial charge in [0.2, 0.25) is 5.91 Å². The molecular formula is C23H23FN2O3. The summed E-state index contributed by atoms with van der Waals surface area (Å²) in [6.45, 7) is 3.63. The van der Waals surface area contributed by atoms with E-state index >= 15 is 0 Å². The first-order valence-corrected chi connectivity index (χ1v) is 9.21. The van der Waals surface area contributed by atoms with Crippen LogP contribution in [0.15, 0.2) is 66.7 Å². The molecule has 1 atom stereocenters. The van der Waals surface area contributed by atoms with Crippen LogP contribution >= 0.6 is 0 Å². The predicted molar refractivity (Wildman–Crippen MR) is 112 cm³/mol. The second kappa shape index (κ2) is 9.10. The van der Waals surface area contributed by atoms with E-state index < -0.39 is 11.9 Å². The standard InChI is InChI=1S/C23H23FN2O3/c1-15-8-4-5-9-19(15)26-23(27)16(2)25-17-12-13-20(18(24)14-17)29-22-11-7-6-10-21(22)28-3/h4-14,16,25H,1-3H3,(H,26,27). The van der Waals surface area contributed by atoms with Gasteiger partial charge in [0, 0.05) is 17.4 Å². The number of carbonyl (C=O) groups is 1. The number of amides is 1. The molecule has 0 aliphatic rings. The van der Waals surface area contributed by atoms with Crippen molar-refractivity contribution in [1.29, 1.82) is 0 Å². The molecule has 0 aromatic heterocycles. The third-order valence-electron chi connectivity index (χ3n) is 4.40.